The van der Waals surface area contributed by atoms with Gasteiger partial charge in [-0.3, -0.25) is 9.78 Å². The number of amides is 1. The van der Waals surface area contributed by atoms with Gasteiger partial charge in [0.25, 0.3) is 0 Å². The number of likely N-dealkylation sites (tertiary alicyclic amines) is 1. The number of aryl methyl sites for hydroxylation is 1. The van der Waals surface area contributed by atoms with Gasteiger partial charge in [-0.2, -0.15) is 0 Å². The van der Waals surface area contributed by atoms with Crippen molar-refractivity contribution in [3.8, 4) is 0 Å². The predicted octanol–water partition coefficient (Wildman–Crippen LogP) is 2.61. The topological polar surface area (TPSA) is 71.0 Å². The Hall–Kier alpha value is -2.50. The Kier molecular flexibility index (Phi) is 4.00. The number of nitrogens with one attached hydrogen (secondary N) is 1. The van der Waals surface area contributed by atoms with Gasteiger partial charge < -0.3 is 10.2 Å². The molecule has 1 aliphatic rings. The normalized spacial score (nSPS) is 17.5. The van der Waals surface area contributed by atoms with Crippen LogP contribution in [0.15, 0.2) is 30.6 Å². The van der Waals surface area contributed by atoms with Crippen molar-refractivity contribution >= 4 is 17.5 Å². The van der Waals surface area contributed by atoms with Crippen LogP contribution in [0.4, 0.5) is 11.6 Å². The van der Waals surface area contributed by atoms with Crippen LogP contribution in [-0.2, 0) is 4.79 Å². The molecule has 0 spiro atoms. The van der Waals surface area contributed by atoms with Gasteiger partial charge in [0.15, 0.2) is 5.82 Å². The van der Waals surface area contributed by atoms with Crippen LogP contribution in [0.3, 0.4) is 0 Å². The molecular weight excluding hydrogens is 278 g/mol. The van der Waals surface area contributed by atoms with Gasteiger partial charge in [-0.25, -0.2) is 9.97 Å². The van der Waals surface area contributed by atoms with Crippen molar-refractivity contribution < 1.29 is 4.79 Å². The monoisotopic (exact) mass is 297 g/mol. The first-order valence-electron chi connectivity index (χ1n) is 7.44. The lowest BCUT2D eigenvalue weighted by atomic mass is 10.1. The number of aromatic nitrogens is 3. The minimum atomic E-state index is -0.0153. The molecule has 1 N–H and O–H groups in total. The van der Waals surface area contributed by atoms with Gasteiger partial charge in [0.05, 0.1) is 6.04 Å². The second-order valence-electron chi connectivity index (χ2n) is 5.45. The third kappa shape index (κ3) is 2.90. The van der Waals surface area contributed by atoms with Crippen LogP contribution >= 0.6 is 0 Å². The molecule has 1 fully saturated rings. The smallest absolute Gasteiger partial charge is 0.220 e. The minimum Gasteiger partial charge on any atom is -0.334 e. The number of hydrogen-bond acceptors (Lipinski definition) is 5. The molecule has 0 saturated carbocycles. The standard InChI is InChI=1S/C16H19N5O/c1-11-5-3-7-14(19-11)20-16-15(17-8-9-18-16)13-6-4-10-21(13)12(2)22/h3,5,7-9,13H,4,6,10H2,1-2H3,(H,18,19,20)/t13-/m0/s1. The summed E-state index contributed by atoms with van der Waals surface area (Å²) in [7, 11) is 0. The fourth-order valence-corrected chi connectivity index (χ4v) is 2.85. The highest BCUT2D eigenvalue weighted by Crippen LogP contribution is 2.34. The summed E-state index contributed by atoms with van der Waals surface area (Å²) < 4.78 is 0. The lowest BCUT2D eigenvalue weighted by molar-refractivity contribution is -0.129. The van der Waals surface area contributed by atoms with Crippen molar-refractivity contribution in [3.05, 3.63) is 42.0 Å². The maximum Gasteiger partial charge on any atom is 0.220 e. The van der Waals surface area contributed by atoms with E-state index in [1.807, 2.05) is 30.0 Å². The molecule has 1 saturated heterocycles. The molecule has 2 aromatic rings. The highest BCUT2D eigenvalue weighted by molar-refractivity contribution is 5.74. The zero-order chi connectivity index (χ0) is 15.5. The number of pyridine rings is 1. The molecule has 1 atom stereocenters. The Labute approximate surface area is 129 Å². The van der Waals surface area contributed by atoms with Crippen LogP contribution in [0.5, 0.6) is 0 Å². The van der Waals surface area contributed by atoms with Gasteiger partial charge in [-0.1, -0.05) is 6.07 Å². The highest BCUT2D eigenvalue weighted by atomic mass is 16.2. The Balaban J connectivity index is 1.91. The Morgan fingerprint density at radius 2 is 2.14 bits per heavy atom. The first-order chi connectivity index (χ1) is 10.6. The van der Waals surface area contributed by atoms with Gasteiger partial charge in [0.2, 0.25) is 5.91 Å². The molecular formula is C16H19N5O. The second kappa shape index (κ2) is 6.09. The number of rotatable bonds is 3. The highest BCUT2D eigenvalue weighted by Gasteiger charge is 2.31. The molecule has 3 heterocycles. The summed E-state index contributed by atoms with van der Waals surface area (Å²) in [5.41, 5.74) is 1.74. The molecule has 1 aliphatic heterocycles. The average Bonchev–Trinajstić information content (AvgIpc) is 2.97. The van der Waals surface area contributed by atoms with E-state index < -0.39 is 0 Å². The quantitative estimate of drug-likeness (QED) is 0.943. The minimum absolute atomic E-state index is 0.0153. The molecule has 2 aromatic heterocycles. The summed E-state index contributed by atoms with van der Waals surface area (Å²) in [4.78, 5) is 26.9. The molecule has 0 aromatic carbocycles. The first kappa shape index (κ1) is 14.4. The van der Waals surface area contributed by atoms with E-state index in [0.717, 1.165) is 36.6 Å². The lowest BCUT2D eigenvalue weighted by Crippen LogP contribution is -2.29. The van der Waals surface area contributed by atoms with Crippen LogP contribution in [0, 0.1) is 6.92 Å². The van der Waals surface area contributed by atoms with E-state index in [2.05, 4.69) is 20.3 Å². The lowest BCUT2D eigenvalue weighted by Gasteiger charge is -2.24. The van der Waals surface area contributed by atoms with Gasteiger partial charge >= 0.3 is 0 Å². The summed E-state index contributed by atoms with van der Waals surface area (Å²) in [6, 6.07) is 5.76. The maximum absolute atomic E-state index is 11.8. The van der Waals surface area contributed by atoms with Crippen molar-refractivity contribution in [1.82, 2.24) is 19.9 Å². The van der Waals surface area contributed by atoms with Crippen molar-refractivity contribution in [2.24, 2.45) is 0 Å². The van der Waals surface area contributed by atoms with E-state index in [1.165, 1.54) is 0 Å². The molecule has 0 aliphatic carbocycles. The number of hydrogen-bond donors (Lipinski definition) is 1. The maximum atomic E-state index is 11.8. The van der Waals surface area contributed by atoms with Crippen LogP contribution < -0.4 is 5.32 Å². The molecule has 1 amide bonds. The summed E-state index contributed by atoms with van der Waals surface area (Å²) in [6.07, 6.45) is 5.21. The van der Waals surface area contributed by atoms with E-state index in [-0.39, 0.29) is 11.9 Å². The zero-order valence-corrected chi connectivity index (χ0v) is 12.8. The molecule has 0 bridgehead atoms. The van der Waals surface area contributed by atoms with Gasteiger partial charge in [0, 0.05) is 31.6 Å². The summed E-state index contributed by atoms with van der Waals surface area (Å²) in [5.74, 6) is 1.47. The van der Waals surface area contributed by atoms with Crippen molar-refractivity contribution in [2.75, 3.05) is 11.9 Å². The van der Waals surface area contributed by atoms with Crippen LogP contribution in [0.2, 0.25) is 0 Å². The van der Waals surface area contributed by atoms with E-state index in [4.69, 9.17) is 0 Å². The van der Waals surface area contributed by atoms with E-state index in [9.17, 15) is 4.79 Å². The molecule has 0 radical (unpaired) electrons. The third-order valence-corrected chi connectivity index (χ3v) is 3.83. The van der Waals surface area contributed by atoms with E-state index >= 15 is 0 Å². The molecule has 3 rings (SSSR count). The van der Waals surface area contributed by atoms with Gasteiger partial charge in [0.1, 0.15) is 11.5 Å². The SMILES string of the molecule is CC(=O)N1CCC[C@H]1c1nccnc1Nc1cccc(C)n1. The Morgan fingerprint density at radius 1 is 1.32 bits per heavy atom. The van der Waals surface area contributed by atoms with E-state index in [0.29, 0.717) is 5.82 Å². The summed E-state index contributed by atoms with van der Waals surface area (Å²) in [5, 5.41) is 3.23. The number of carbonyl (C=O) groups excluding carboxylic acids is 1. The number of carbonyl (C=O) groups is 1. The zero-order valence-electron chi connectivity index (χ0n) is 12.8. The second-order valence-corrected chi connectivity index (χ2v) is 5.45. The van der Waals surface area contributed by atoms with Crippen molar-refractivity contribution in [3.63, 3.8) is 0 Å². The van der Waals surface area contributed by atoms with Crippen LogP contribution in [-0.4, -0.2) is 32.3 Å². The molecule has 6 nitrogen and oxygen atoms in total. The number of nitrogens with zero attached hydrogens (tertiary/aromatic N) is 4. The molecule has 6 heteroatoms. The average molecular weight is 297 g/mol. The predicted molar refractivity (Wildman–Crippen MR) is 83.7 cm³/mol. The Morgan fingerprint density at radius 3 is 2.91 bits per heavy atom. The molecule has 22 heavy (non-hydrogen) atoms. The first-order valence-corrected chi connectivity index (χ1v) is 7.44. The number of anilines is 2. The Bertz CT molecular complexity index is 688. The van der Waals surface area contributed by atoms with Crippen LogP contribution in [0.1, 0.15) is 37.2 Å². The van der Waals surface area contributed by atoms with Gasteiger partial charge in [-0.05, 0) is 31.9 Å². The largest absolute Gasteiger partial charge is 0.334 e. The summed E-state index contributed by atoms with van der Waals surface area (Å²) in [6.45, 7) is 4.32. The summed E-state index contributed by atoms with van der Waals surface area (Å²) >= 11 is 0. The van der Waals surface area contributed by atoms with Crippen molar-refractivity contribution in [1.29, 1.82) is 0 Å². The fraction of sp³-hybridized carbons (Fsp3) is 0.375. The molecule has 0 unspecified atom stereocenters. The van der Waals surface area contributed by atoms with Gasteiger partial charge in [-0.15, -0.1) is 0 Å². The third-order valence-electron chi connectivity index (χ3n) is 3.83. The van der Waals surface area contributed by atoms with Crippen molar-refractivity contribution in [2.45, 2.75) is 32.7 Å². The molecule has 114 valence electrons. The van der Waals surface area contributed by atoms with E-state index in [1.54, 1.807) is 19.3 Å². The fourth-order valence-electron chi connectivity index (χ4n) is 2.85. The van der Waals surface area contributed by atoms with Crippen LogP contribution in [0.25, 0.3) is 0 Å².